The number of hydrogen-bond acceptors (Lipinski definition) is 6. The van der Waals surface area contributed by atoms with Crippen molar-refractivity contribution < 1.29 is 22.7 Å². The topological polar surface area (TPSA) is 84.9 Å². The van der Waals surface area contributed by atoms with Gasteiger partial charge < -0.3 is 14.8 Å². The maximum Gasteiger partial charge on any atom is 0.243 e. The summed E-state index contributed by atoms with van der Waals surface area (Å²) in [6.07, 6.45) is 1.90. The van der Waals surface area contributed by atoms with Crippen LogP contribution in [0.2, 0.25) is 5.02 Å². The molecule has 1 N–H and O–H groups in total. The molecule has 3 rings (SSSR count). The number of carbonyl (C=O) groups is 1. The fourth-order valence-electron chi connectivity index (χ4n) is 2.89. The molecule has 0 aliphatic carbocycles. The summed E-state index contributed by atoms with van der Waals surface area (Å²) in [6.45, 7) is -0.391. The van der Waals surface area contributed by atoms with E-state index in [4.69, 9.17) is 21.1 Å². The molecule has 0 saturated carbocycles. The van der Waals surface area contributed by atoms with Gasteiger partial charge in [0, 0.05) is 23.0 Å². The van der Waals surface area contributed by atoms with Gasteiger partial charge in [0.1, 0.15) is 11.5 Å². The lowest BCUT2D eigenvalue weighted by atomic mass is 10.2. The summed E-state index contributed by atoms with van der Waals surface area (Å²) in [7, 11) is -0.933. The van der Waals surface area contributed by atoms with Crippen LogP contribution in [-0.4, -0.2) is 45.6 Å². The molecule has 10 heteroatoms. The zero-order valence-electron chi connectivity index (χ0n) is 18.2. The summed E-state index contributed by atoms with van der Waals surface area (Å²) in [5, 5.41) is 3.07. The Bertz CT molecular complexity index is 1230. The molecule has 0 fully saturated rings. The predicted molar refractivity (Wildman–Crippen MR) is 131 cm³/mol. The number of hydrogen-bond donors (Lipinski definition) is 1. The molecule has 0 atom stereocenters. The average Bonchev–Trinajstić information content (AvgIpc) is 2.81. The van der Waals surface area contributed by atoms with Gasteiger partial charge >= 0.3 is 0 Å². The Balaban J connectivity index is 1.74. The van der Waals surface area contributed by atoms with E-state index in [9.17, 15) is 13.2 Å². The molecule has 3 aromatic carbocycles. The minimum Gasteiger partial charge on any atom is -0.497 e. The van der Waals surface area contributed by atoms with Crippen molar-refractivity contribution in [3.8, 4) is 17.2 Å². The summed E-state index contributed by atoms with van der Waals surface area (Å²) >= 11 is 7.61. The monoisotopic (exact) mass is 506 g/mol. The van der Waals surface area contributed by atoms with Crippen LogP contribution in [0.1, 0.15) is 0 Å². The van der Waals surface area contributed by atoms with Crippen LogP contribution in [0.25, 0.3) is 0 Å². The number of anilines is 1. The van der Waals surface area contributed by atoms with Gasteiger partial charge in [0.25, 0.3) is 0 Å². The highest BCUT2D eigenvalue weighted by atomic mass is 35.5. The van der Waals surface area contributed by atoms with Crippen LogP contribution in [0.4, 0.5) is 5.69 Å². The Hall–Kier alpha value is -2.72. The van der Waals surface area contributed by atoms with Gasteiger partial charge in [-0.2, -0.15) is 4.31 Å². The number of nitrogens with one attached hydrogen (secondary N) is 1. The molecule has 7 nitrogen and oxygen atoms in total. The van der Waals surface area contributed by atoms with Gasteiger partial charge in [-0.15, -0.1) is 11.8 Å². The molecule has 0 spiro atoms. The minimum absolute atomic E-state index is 0.111. The van der Waals surface area contributed by atoms with Crippen molar-refractivity contribution in [3.05, 3.63) is 71.8 Å². The maximum atomic E-state index is 12.8. The molecular weight excluding hydrogens is 484 g/mol. The van der Waals surface area contributed by atoms with E-state index in [1.165, 1.54) is 37.0 Å². The van der Waals surface area contributed by atoms with Crippen LogP contribution in [0.15, 0.2) is 76.5 Å². The molecule has 0 saturated heterocycles. The molecule has 0 radical (unpaired) electrons. The van der Waals surface area contributed by atoms with Gasteiger partial charge in [-0.25, -0.2) is 8.42 Å². The molecule has 0 aliphatic rings. The number of sulfonamides is 1. The largest absolute Gasteiger partial charge is 0.497 e. The number of likely N-dealkylation sites (N-methyl/N-ethyl adjacent to an activating group) is 1. The van der Waals surface area contributed by atoms with Crippen molar-refractivity contribution >= 4 is 45.0 Å². The molecule has 0 unspecified atom stereocenters. The molecule has 0 heterocycles. The van der Waals surface area contributed by atoms with Crippen molar-refractivity contribution in [2.45, 2.75) is 9.79 Å². The molecule has 0 aromatic heterocycles. The zero-order chi connectivity index (χ0) is 24.0. The Morgan fingerprint density at radius 1 is 1.06 bits per heavy atom. The first-order valence-electron chi connectivity index (χ1n) is 9.74. The number of amides is 1. The molecule has 33 heavy (non-hydrogen) atoms. The fraction of sp³-hybridized carbons (Fsp3) is 0.174. The van der Waals surface area contributed by atoms with E-state index in [1.54, 1.807) is 55.6 Å². The van der Waals surface area contributed by atoms with E-state index in [0.717, 1.165) is 9.20 Å². The normalized spacial score (nSPS) is 11.3. The first-order chi connectivity index (χ1) is 15.7. The SMILES string of the molecule is COc1cccc(Oc2ccc(Cl)cc2NC(=O)CN(C)S(=O)(=O)c2ccc(SC)cc2)c1. The van der Waals surface area contributed by atoms with Gasteiger partial charge in [0.2, 0.25) is 15.9 Å². The van der Waals surface area contributed by atoms with Crippen LogP contribution in [0, 0.1) is 0 Å². The lowest BCUT2D eigenvalue weighted by Crippen LogP contribution is -2.35. The van der Waals surface area contributed by atoms with E-state index in [0.29, 0.717) is 28.0 Å². The first kappa shape index (κ1) is 24.9. The number of benzene rings is 3. The second-order valence-corrected chi connectivity index (χ2v) is 10.3. The van der Waals surface area contributed by atoms with Crippen LogP contribution >= 0.6 is 23.4 Å². The molecule has 0 bridgehead atoms. The highest BCUT2D eigenvalue weighted by Gasteiger charge is 2.23. The van der Waals surface area contributed by atoms with Gasteiger partial charge in [-0.1, -0.05) is 17.7 Å². The zero-order valence-corrected chi connectivity index (χ0v) is 20.6. The number of carbonyl (C=O) groups excluding carboxylic acids is 1. The number of ether oxygens (including phenoxy) is 2. The van der Waals surface area contributed by atoms with Crippen molar-refractivity contribution in [2.75, 3.05) is 32.3 Å². The lowest BCUT2D eigenvalue weighted by molar-refractivity contribution is -0.116. The van der Waals surface area contributed by atoms with Crippen molar-refractivity contribution in [2.24, 2.45) is 0 Å². The summed E-state index contributed by atoms with van der Waals surface area (Å²) in [4.78, 5) is 13.7. The van der Waals surface area contributed by atoms with Crippen LogP contribution in [-0.2, 0) is 14.8 Å². The Morgan fingerprint density at radius 2 is 1.76 bits per heavy atom. The summed E-state index contributed by atoms with van der Waals surface area (Å²) in [5.74, 6) is 0.920. The highest BCUT2D eigenvalue weighted by molar-refractivity contribution is 7.98. The van der Waals surface area contributed by atoms with Crippen molar-refractivity contribution in [3.63, 3.8) is 0 Å². The number of thioether (sulfide) groups is 1. The van der Waals surface area contributed by atoms with Gasteiger partial charge in [0.15, 0.2) is 5.75 Å². The van der Waals surface area contributed by atoms with Crippen LogP contribution < -0.4 is 14.8 Å². The third-order valence-electron chi connectivity index (χ3n) is 4.62. The Kier molecular flexibility index (Phi) is 8.25. The van der Waals surface area contributed by atoms with E-state index in [1.807, 2.05) is 6.26 Å². The average molecular weight is 507 g/mol. The molecule has 0 aliphatic heterocycles. The van der Waals surface area contributed by atoms with Crippen molar-refractivity contribution in [1.82, 2.24) is 4.31 Å². The smallest absolute Gasteiger partial charge is 0.243 e. The van der Waals surface area contributed by atoms with Gasteiger partial charge in [-0.05, 0) is 60.9 Å². The van der Waals surface area contributed by atoms with E-state index >= 15 is 0 Å². The second kappa shape index (κ2) is 10.9. The highest BCUT2D eigenvalue weighted by Crippen LogP contribution is 2.33. The first-order valence-corrected chi connectivity index (χ1v) is 12.8. The van der Waals surface area contributed by atoms with Crippen molar-refractivity contribution in [1.29, 1.82) is 0 Å². The number of methoxy groups -OCH3 is 1. The quantitative estimate of drug-likeness (QED) is 0.405. The standard InChI is InChI=1S/C23H23ClN2O5S2/c1-26(33(28,29)20-10-8-19(32-3)9-11-20)15-23(27)25-21-13-16(24)7-12-22(21)31-18-6-4-5-17(14-18)30-2/h4-14H,15H2,1-3H3,(H,25,27). The lowest BCUT2D eigenvalue weighted by Gasteiger charge is -2.18. The molecule has 174 valence electrons. The number of nitrogens with zero attached hydrogens (tertiary/aromatic N) is 1. The predicted octanol–water partition coefficient (Wildman–Crippen LogP) is 5.12. The number of rotatable bonds is 9. The van der Waals surface area contributed by atoms with Crippen LogP contribution in [0.3, 0.4) is 0 Å². The fourth-order valence-corrected chi connectivity index (χ4v) is 4.59. The van der Waals surface area contributed by atoms with Gasteiger partial charge in [-0.3, -0.25) is 4.79 Å². The second-order valence-electron chi connectivity index (χ2n) is 6.91. The van der Waals surface area contributed by atoms with E-state index in [2.05, 4.69) is 5.32 Å². The Morgan fingerprint density at radius 3 is 2.42 bits per heavy atom. The Labute approximate surface area is 202 Å². The molecule has 3 aromatic rings. The van der Waals surface area contributed by atoms with Crippen LogP contribution in [0.5, 0.6) is 17.2 Å². The molecule has 1 amide bonds. The summed E-state index contributed by atoms with van der Waals surface area (Å²) in [6, 6.07) is 18.3. The number of halogens is 1. The summed E-state index contributed by atoms with van der Waals surface area (Å²) in [5.41, 5.74) is 0.311. The van der Waals surface area contributed by atoms with E-state index < -0.39 is 22.5 Å². The third kappa shape index (κ3) is 6.42. The summed E-state index contributed by atoms with van der Waals surface area (Å²) < 4.78 is 37.7. The maximum absolute atomic E-state index is 12.8. The molecular formula is C23H23ClN2O5S2. The van der Waals surface area contributed by atoms with E-state index in [-0.39, 0.29) is 4.90 Å². The van der Waals surface area contributed by atoms with Gasteiger partial charge in [0.05, 0.1) is 24.2 Å². The third-order valence-corrected chi connectivity index (χ3v) is 7.41. The minimum atomic E-state index is -3.83.